The fourth-order valence-corrected chi connectivity index (χ4v) is 4.89. The van der Waals surface area contributed by atoms with Crippen LogP contribution >= 0.6 is 0 Å². The van der Waals surface area contributed by atoms with Crippen LogP contribution in [0.5, 0.6) is 0 Å². The zero-order valence-electron chi connectivity index (χ0n) is 22.6. The average molecular weight is 517 g/mol. The molecule has 6 atom stereocenters. The van der Waals surface area contributed by atoms with Gasteiger partial charge >= 0.3 is 6.09 Å². The number of primary amides is 1. The van der Waals surface area contributed by atoms with Crippen molar-refractivity contribution < 1.29 is 33.8 Å². The van der Waals surface area contributed by atoms with Crippen LogP contribution in [0.3, 0.4) is 0 Å². The van der Waals surface area contributed by atoms with Crippen LogP contribution in [0, 0.1) is 17.8 Å². The van der Waals surface area contributed by atoms with E-state index < -0.39 is 36.1 Å². The Morgan fingerprint density at radius 3 is 2.43 bits per heavy atom. The van der Waals surface area contributed by atoms with Crippen molar-refractivity contribution in [1.82, 2.24) is 5.32 Å². The van der Waals surface area contributed by atoms with Gasteiger partial charge in [-0.25, -0.2) is 4.79 Å². The van der Waals surface area contributed by atoms with Crippen molar-refractivity contribution in [3.8, 4) is 0 Å². The van der Waals surface area contributed by atoms with Gasteiger partial charge in [0.2, 0.25) is 5.78 Å². The lowest BCUT2D eigenvalue weighted by atomic mass is 9.85. The molecule has 1 aliphatic carbocycles. The van der Waals surface area contributed by atoms with Gasteiger partial charge in [-0.2, -0.15) is 0 Å². The molecule has 0 aromatic carbocycles. The highest BCUT2D eigenvalue weighted by Gasteiger charge is 2.30. The Morgan fingerprint density at radius 2 is 1.81 bits per heavy atom. The van der Waals surface area contributed by atoms with E-state index in [-0.39, 0.29) is 35.7 Å². The standard InChI is InChI=1S/C28H40N2O7/c1-15-10-20-13-21(31)14-22(25(20)33)30-27(34)17(3)9-7-8-16(2)26(37-28(29)35)19(5)12-18(4)24(32)23(11-15)36-6/h9,12-16,18,23-24,26,32H,7-8,10-11H2,1-6H3,(H2,29,35)(H,30,34)/b17-9+,19-12+/t15-,16+,18+,23+,24-,26-/m1/s1. The molecule has 9 nitrogen and oxygen atoms in total. The molecule has 2 aliphatic rings. The van der Waals surface area contributed by atoms with Crippen LogP contribution in [-0.4, -0.2) is 54.1 Å². The highest BCUT2D eigenvalue weighted by Crippen LogP contribution is 2.28. The summed E-state index contributed by atoms with van der Waals surface area (Å²) in [6.07, 6.45) is 4.93. The number of allylic oxidation sites excluding steroid dienone is 4. The first-order valence-corrected chi connectivity index (χ1v) is 12.7. The van der Waals surface area contributed by atoms with Gasteiger partial charge < -0.3 is 25.6 Å². The molecular weight excluding hydrogens is 476 g/mol. The fraction of sp³-hybridized carbons (Fsp3) is 0.571. The molecule has 0 radical (unpaired) electrons. The largest absolute Gasteiger partial charge is 0.442 e. The number of nitrogens with one attached hydrogen (secondary N) is 1. The minimum absolute atomic E-state index is 0.0505. The van der Waals surface area contributed by atoms with Crippen molar-refractivity contribution in [2.24, 2.45) is 23.5 Å². The molecule has 2 bridgehead atoms. The third-order valence-electron chi connectivity index (χ3n) is 6.98. The van der Waals surface area contributed by atoms with E-state index in [1.807, 2.05) is 33.8 Å². The maximum Gasteiger partial charge on any atom is 0.405 e. The summed E-state index contributed by atoms with van der Waals surface area (Å²) in [6.45, 7) is 9.15. The number of carbonyl (C=O) groups excluding carboxylic acids is 4. The zero-order chi connectivity index (χ0) is 27.9. The Morgan fingerprint density at radius 1 is 1.14 bits per heavy atom. The molecule has 37 heavy (non-hydrogen) atoms. The van der Waals surface area contributed by atoms with Gasteiger partial charge in [0.05, 0.1) is 17.9 Å². The monoisotopic (exact) mass is 516 g/mol. The minimum atomic E-state index is -0.890. The van der Waals surface area contributed by atoms with Crippen molar-refractivity contribution in [2.45, 2.75) is 78.6 Å². The van der Waals surface area contributed by atoms with Crippen LogP contribution in [0.2, 0.25) is 0 Å². The van der Waals surface area contributed by atoms with E-state index in [4.69, 9.17) is 15.2 Å². The topological polar surface area (TPSA) is 145 Å². The summed E-state index contributed by atoms with van der Waals surface area (Å²) in [5.41, 5.74) is 6.75. The van der Waals surface area contributed by atoms with E-state index in [0.717, 1.165) is 11.6 Å². The average Bonchev–Trinajstić information content (AvgIpc) is 2.82. The molecule has 9 heteroatoms. The van der Waals surface area contributed by atoms with Gasteiger partial charge in [-0.1, -0.05) is 32.9 Å². The summed E-state index contributed by atoms with van der Waals surface area (Å²) < 4.78 is 11.0. The van der Waals surface area contributed by atoms with Crippen LogP contribution in [-0.2, 0) is 23.9 Å². The Hall–Kier alpha value is -3.04. The quantitative estimate of drug-likeness (QED) is 0.377. The summed E-state index contributed by atoms with van der Waals surface area (Å²) in [7, 11) is 1.51. The van der Waals surface area contributed by atoms with E-state index in [1.54, 1.807) is 13.0 Å². The molecule has 0 unspecified atom stereocenters. The highest BCUT2D eigenvalue weighted by atomic mass is 16.6. The zero-order valence-corrected chi connectivity index (χ0v) is 22.6. The first-order valence-electron chi connectivity index (χ1n) is 12.7. The normalized spacial score (nSPS) is 33.8. The summed E-state index contributed by atoms with van der Waals surface area (Å²) in [5.74, 6) is -1.80. The van der Waals surface area contributed by atoms with Gasteiger partial charge in [0.1, 0.15) is 6.10 Å². The van der Waals surface area contributed by atoms with E-state index in [0.29, 0.717) is 30.4 Å². The fourth-order valence-electron chi connectivity index (χ4n) is 4.89. The van der Waals surface area contributed by atoms with Crippen LogP contribution in [0.15, 0.2) is 46.7 Å². The van der Waals surface area contributed by atoms with Crippen molar-refractivity contribution >= 4 is 23.6 Å². The second-order valence-electron chi connectivity index (χ2n) is 10.3. The van der Waals surface area contributed by atoms with E-state index >= 15 is 0 Å². The summed E-state index contributed by atoms with van der Waals surface area (Å²) in [4.78, 5) is 49.6. The number of ether oxygens (including phenoxy) is 2. The molecule has 1 heterocycles. The number of aliphatic hydroxyl groups is 1. The number of aliphatic hydroxyl groups excluding tert-OH is 1. The van der Waals surface area contributed by atoms with Crippen LogP contribution in [0.25, 0.3) is 0 Å². The van der Waals surface area contributed by atoms with E-state index in [1.165, 1.54) is 13.2 Å². The molecule has 1 aliphatic heterocycles. The molecule has 0 spiro atoms. The van der Waals surface area contributed by atoms with Gasteiger partial charge in [-0.05, 0) is 63.0 Å². The Labute approximate surface area is 218 Å². The van der Waals surface area contributed by atoms with Crippen molar-refractivity contribution in [3.63, 3.8) is 0 Å². The Balaban J connectivity index is 2.43. The third-order valence-corrected chi connectivity index (χ3v) is 6.98. The number of Topliss-reactive ketones (excluding diaryl/α,β-unsaturated/α-hetero) is 1. The predicted molar refractivity (Wildman–Crippen MR) is 139 cm³/mol. The Kier molecular flexibility index (Phi) is 11.0. The molecule has 2 rings (SSSR count). The van der Waals surface area contributed by atoms with Crippen LogP contribution in [0.1, 0.15) is 60.3 Å². The molecule has 2 amide bonds. The number of hydrogen-bond donors (Lipinski definition) is 3. The maximum absolute atomic E-state index is 13.0. The third kappa shape index (κ3) is 8.50. The molecule has 0 aromatic heterocycles. The number of amides is 2. The lowest BCUT2D eigenvalue weighted by Crippen LogP contribution is -2.36. The smallest absolute Gasteiger partial charge is 0.405 e. The molecule has 4 N–H and O–H groups in total. The predicted octanol–water partition coefficient (Wildman–Crippen LogP) is 3.28. The lowest BCUT2D eigenvalue weighted by molar-refractivity contribution is -0.120. The number of ketones is 2. The first-order chi connectivity index (χ1) is 17.3. The number of carbonyl (C=O) groups is 4. The van der Waals surface area contributed by atoms with Gasteiger partial charge in [0.25, 0.3) is 5.91 Å². The number of methoxy groups -OCH3 is 1. The molecule has 0 saturated heterocycles. The van der Waals surface area contributed by atoms with Gasteiger partial charge in [-0.3, -0.25) is 14.4 Å². The lowest BCUT2D eigenvalue weighted by Gasteiger charge is -2.29. The van der Waals surface area contributed by atoms with E-state index in [9.17, 15) is 24.3 Å². The SMILES string of the molecule is CO[C@H]1C[C@H](C)CC2=CC(=O)C=C(NC(=O)/C(C)=C/CC[C@H](C)[C@@H](OC(N)=O)/C(C)=C/[C@H](C)[C@H]1O)C2=O. The second-order valence-corrected chi connectivity index (χ2v) is 10.3. The van der Waals surface area contributed by atoms with Crippen LogP contribution < -0.4 is 11.1 Å². The Bertz CT molecular complexity index is 1020. The number of hydrogen-bond acceptors (Lipinski definition) is 7. The molecule has 204 valence electrons. The number of fused-ring (bicyclic) bond motifs is 2. The van der Waals surface area contributed by atoms with Gasteiger partial charge in [0.15, 0.2) is 5.78 Å². The van der Waals surface area contributed by atoms with Crippen molar-refractivity contribution in [1.29, 1.82) is 0 Å². The summed E-state index contributed by atoms with van der Waals surface area (Å²) in [5, 5.41) is 13.6. The number of rotatable bonds is 2. The van der Waals surface area contributed by atoms with Crippen molar-refractivity contribution in [3.05, 3.63) is 46.7 Å². The maximum atomic E-state index is 13.0. The second kappa shape index (κ2) is 13.5. The number of nitrogens with two attached hydrogens (primary N) is 1. The van der Waals surface area contributed by atoms with E-state index in [2.05, 4.69) is 5.32 Å². The minimum Gasteiger partial charge on any atom is -0.442 e. The summed E-state index contributed by atoms with van der Waals surface area (Å²) in [6, 6.07) is 0. The highest BCUT2D eigenvalue weighted by molar-refractivity contribution is 6.21. The van der Waals surface area contributed by atoms with Gasteiger partial charge in [-0.15, -0.1) is 0 Å². The molecule has 0 saturated carbocycles. The molecular formula is C28H40N2O7. The van der Waals surface area contributed by atoms with Crippen molar-refractivity contribution in [2.75, 3.05) is 7.11 Å². The van der Waals surface area contributed by atoms with Crippen LogP contribution in [0.4, 0.5) is 4.79 Å². The molecule has 0 aromatic rings. The van der Waals surface area contributed by atoms with Gasteiger partial charge in [0, 0.05) is 30.2 Å². The first kappa shape index (κ1) is 30.2. The molecule has 0 fully saturated rings. The summed E-state index contributed by atoms with van der Waals surface area (Å²) >= 11 is 0.